The molecule has 0 unspecified atom stereocenters. The molecule has 5 aromatic rings. The molecule has 0 bridgehead atoms. The Morgan fingerprint density at radius 1 is 0.429 bits per heavy atom. The Morgan fingerprint density at radius 3 is 1.05 bits per heavy atom. The fourth-order valence-electron chi connectivity index (χ4n) is 5.36. The van der Waals surface area contributed by atoms with Gasteiger partial charge in [-0.25, -0.2) is 0 Å². The van der Waals surface area contributed by atoms with Crippen molar-refractivity contribution in [1.82, 2.24) is 10.6 Å². The van der Waals surface area contributed by atoms with Gasteiger partial charge in [0.1, 0.15) is 0 Å². The molecule has 2 N–H and O–H groups in total. The van der Waals surface area contributed by atoms with Gasteiger partial charge in [-0.15, -0.1) is 0 Å². The zero-order chi connectivity index (χ0) is 29.0. The fourth-order valence-corrected chi connectivity index (χ4v) is 5.36. The van der Waals surface area contributed by atoms with Crippen LogP contribution in [0.3, 0.4) is 0 Å². The standard InChI is InChI=1S/C38H36N2O2/c41-37(25-35(31-16-5-1-6-17-31)32-18-7-2-8-19-32)39-27-29-14-13-15-30(24-29)28-40-38(42)26-36(33-20-9-3-10-21-33)34-22-11-4-12-23-34/h1-24,35-36H,25-28H2,(H,39,41)(H,40,42). The molecular formula is C38H36N2O2. The summed E-state index contributed by atoms with van der Waals surface area (Å²) in [6.45, 7) is 0.863. The molecular weight excluding hydrogens is 516 g/mol. The van der Waals surface area contributed by atoms with Gasteiger partial charge in [0.25, 0.3) is 0 Å². The third-order valence-corrected chi connectivity index (χ3v) is 7.56. The maximum atomic E-state index is 13.0. The lowest BCUT2D eigenvalue weighted by Crippen LogP contribution is -2.26. The summed E-state index contributed by atoms with van der Waals surface area (Å²) in [6, 6.07) is 48.7. The van der Waals surface area contributed by atoms with Crippen molar-refractivity contribution in [3.05, 3.63) is 179 Å². The van der Waals surface area contributed by atoms with Crippen LogP contribution in [0.2, 0.25) is 0 Å². The van der Waals surface area contributed by atoms with E-state index in [1.165, 1.54) is 0 Å². The number of hydrogen-bond donors (Lipinski definition) is 2. The molecule has 5 aromatic carbocycles. The van der Waals surface area contributed by atoms with E-state index in [1.807, 2.05) is 97.1 Å². The van der Waals surface area contributed by atoms with Crippen molar-refractivity contribution in [3.8, 4) is 0 Å². The Hall–Kier alpha value is -4.96. The van der Waals surface area contributed by atoms with Crippen molar-refractivity contribution in [1.29, 1.82) is 0 Å². The minimum atomic E-state index is -0.00968. The molecule has 210 valence electrons. The second-order valence-corrected chi connectivity index (χ2v) is 10.5. The first kappa shape index (κ1) is 28.6. The fraction of sp³-hybridized carbons (Fsp3) is 0.158. The first-order valence-electron chi connectivity index (χ1n) is 14.5. The molecule has 0 aromatic heterocycles. The second kappa shape index (κ2) is 14.6. The van der Waals surface area contributed by atoms with Crippen LogP contribution in [0, 0.1) is 0 Å². The van der Waals surface area contributed by atoms with Crippen molar-refractivity contribution in [3.63, 3.8) is 0 Å². The third kappa shape index (κ3) is 8.05. The number of amides is 2. The monoisotopic (exact) mass is 552 g/mol. The van der Waals surface area contributed by atoms with Crippen LogP contribution in [0.4, 0.5) is 0 Å². The van der Waals surface area contributed by atoms with Crippen LogP contribution in [0.5, 0.6) is 0 Å². The van der Waals surface area contributed by atoms with E-state index < -0.39 is 0 Å². The molecule has 0 aliphatic carbocycles. The van der Waals surface area contributed by atoms with Crippen LogP contribution in [0.25, 0.3) is 0 Å². The van der Waals surface area contributed by atoms with E-state index in [-0.39, 0.29) is 23.7 Å². The summed E-state index contributed by atoms with van der Waals surface area (Å²) in [4.78, 5) is 26.1. The lowest BCUT2D eigenvalue weighted by Gasteiger charge is -2.18. The maximum Gasteiger partial charge on any atom is 0.221 e. The van der Waals surface area contributed by atoms with Gasteiger partial charge in [-0.3, -0.25) is 9.59 Å². The van der Waals surface area contributed by atoms with Gasteiger partial charge >= 0.3 is 0 Å². The molecule has 5 rings (SSSR count). The highest BCUT2D eigenvalue weighted by atomic mass is 16.2. The van der Waals surface area contributed by atoms with Crippen LogP contribution in [-0.4, -0.2) is 11.8 Å². The van der Waals surface area contributed by atoms with Crippen molar-refractivity contribution in [2.45, 2.75) is 37.8 Å². The summed E-state index contributed by atoms with van der Waals surface area (Å²) in [6.07, 6.45) is 0.738. The molecule has 42 heavy (non-hydrogen) atoms. The van der Waals surface area contributed by atoms with Gasteiger partial charge in [0.05, 0.1) is 0 Å². The summed E-state index contributed by atoms with van der Waals surface area (Å²) in [7, 11) is 0. The van der Waals surface area contributed by atoms with E-state index in [0.717, 1.165) is 33.4 Å². The van der Waals surface area contributed by atoms with Crippen molar-refractivity contribution < 1.29 is 9.59 Å². The molecule has 0 aliphatic heterocycles. The lowest BCUT2D eigenvalue weighted by molar-refractivity contribution is -0.122. The Balaban J connectivity index is 1.16. The maximum absolute atomic E-state index is 13.0. The van der Waals surface area contributed by atoms with Crippen LogP contribution in [0.15, 0.2) is 146 Å². The first-order valence-corrected chi connectivity index (χ1v) is 14.5. The summed E-state index contributed by atoms with van der Waals surface area (Å²) < 4.78 is 0. The van der Waals surface area contributed by atoms with E-state index in [2.05, 4.69) is 59.2 Å². The lowest BCUT2D eigenvalue weighted by atomic mass is 9.88. The topological polar surface area (TPSA) is 58.2 Å². The average molecular weight is 553 g/mol. The number of rotatable bonds is 12. The molecule has 0 heterocycles. The summed E-state index contributed by atoms with van der Waals surface area (Å²) in [5.74, 6) is -0.0207. The molecule has 4 nitrogen and oxygen atoms in total. The van der Waals surface area contributed by atoms with Gasteiger partial charge in [-0.05, 0) is 33.4 Å². The van der Waals surface area contributed by atoms with E-state index >= 15 is 0 Å². The van der Waals surface area contributed by atoms with Gasteiger partial charge in [-0.2, -0.15) is 0 Å². The van der Waals surface area contributed by atoms with Gasteiger partial charge in [0, 0.05) is 37.8 Å². The number of carbonyl (C=O) groups excluding carboxylic acids is 2. The molecule has 2 amide bonds. The number of hydrogen-bond acceptors (Lipinski definition) is 2. The third-order valence-electron chi connectivity index (χ3n) is 7.56. The Bertz CT molecular complexity index is 1360. The van der Waals surface area contributed by atoms with Crippen LogP contribution in [0.1, 0.15) is 58.1 Å². The van der Waals surface area contributed by atoms with Crippen molar-refractivity contribution in [2.24, 2.45) is 0 Å². The SMILES string of the molecule is O=C(CC(c1ccccc1)c1ccccc1)NCc1cccc(CNC(=O)CC(c2ccccc2)c2ccccc2)c1. The zero-order valence-electron chi connectivity index (χ0n) is 23.7. The summed E-state index contributed by atoms with van der Waals surface area (Å²) >= 11 is 0. The van der Waals surface area contributed by atoms with Gasteiger partial charge < -0.3 is 10.6 Å². The van der Waals surface area contributed by atoms with E-state index in [9.17, 15) is 9.59 Å². The van der Waals surface area contributed by atoms with Crippen LogP contribution >= 0.6 is 0 Å². The summed E-state index contributed by atoms with van der Waals surface area (Å²) in [5, 5.41) is 6.19. The highest BCUT2D eigenvalue weighted by Crippen LogP contribution is 2.29. The van der Waals surface area contributed by atoms with Gasteiger partial charge in [0.2, 0.25) is 11.8 Å². The molecule has 0 fully saturated rings. The van der Waals surface area contributed by atoms with E-state index in [4.69, 9.17) is 0 Å². The molecule has 0 spiro atoms. The molecule has 4 heteroatoms. The normalized spacial score (nSPS) is 10.9. The van der Waals surface area contributed by atoms with Crippen LogP contribution < -0.4 is 10.6 Å². The van der Waals surface area contributed by atoms with E-state index in [0.29, 0.717) is 25.9 Å². The highest BCUT2D eigenvalue weighted by molar-refractivity contribution is 5.78. The molecule has 0 radical (unpaired) electrons. The number of nitrogens with one attached hydrogen (secondary N) is 2. The number of carbonyl (C=O) groups is 2. The molecule has 0 saturated heterocycles. The largest absolute Gasteiger partial charge is 0.352 e. The van der Waals surface area contributed by atoms with Gasteiger partial charge in [0.15, 0.2) is 0 Å². The highest BCUT2D eigenvalue weighted by Gasteiger charge is 2.19. The summed E-state index contributed by atoms with van der Waals surface area (Å²) in [5.41, 5.74) is 6.49. The Labute approximate surface area is 248 Å². The predicted octanol–water partition coefficient (Wildman–Crippen LogP) is 7.36. The molecule has 0 saturated carbocycles. The van der Waals surface area contributed by atoms with Crippen molar-refractivity contribution >= 4 is 11.8 Å². The molecule has 0 atom stereocenters. The predicted molar refractivity (Wildman–Crippen MR) is 169 cm³/mol. The van der Waals surface area contributed by atoms with Crippen LogP contribution in [-0.2, 0) is 22.7 Å². The smallest absolute Gasteiger partial charge is 0.221 e. The quantitative estimate of drug-likeness (QED) is 0.170. The Morgan fingerprint density at radius 2 is 0.738 bits per heavy atom. The average Bonchev–Trinajstić information content (AvgIpc) is 3.06. The van der Waals surface area contributed by atoms with E-state index in [1.54, 1.807) is 0 Å². The minimum absolute atomic E-state index is 0.000669. The second-order valence-electron chi connectivity index (χ2n) is 10.5. The van der Waals surface area contributed by atoms with Gasteiger partial charge in [-0.1, -0.05) is 146 Å². The Kier molecular flexibility index (Phi) is 9.93. The zero-order valence-corrected chi connectivity index (χ0v) is 23.7. The first-order chi connectivity index (χ1) is 20.7. The molecule has 0 aliphatic rings. The number of benzene rings is 5. The minimum Gasteiger partial charge on any atom is -0.352 e. The van der Waals surface area contributed by atoms with Crippen molar-refractivity contribution in [2.75, 3.05) is 0 Å².